The van der Waals surface area contributed by atoms with E-state index >= 15 is 0 Å². The van der Waals surface area contributed by atoms with Crippen molar-refractivity contribution in [3.63, 3.8) is 0 Å². The molecule has 6 nitrogen and oxygen atoms in total. The molecule has 7 heteroatoms. The van der Waals surface area contributed by atoms with E-state index in [0.29, 0.717) is 4.88 Å². The van der Waals surface area contributed by atoms with Gasteiger partial charge in [-0.3, -0.25) is 14.6 Å². The van der Waals surface area contributed by atoms with Gasteiger partial charge in [0.1, 0.15) is 5.82 Å². The number of benzene rings is 2. The Bertz CT molecular complexity index is 1190. The lowest BCUT2D eigenvalue weighted by Crippen LogP contribution is -2.45. The number of amides is 1. The van der Waals surface area contributed by atoms with Crippen LogP contribution in [0.25, 0.3) is 11.0 Å². The highest BCUT2D eigenvalue weighted by molar-refractivity contribution is 7.12. The van der Waals surface area contributed by atoms with Gasteiger partial charge in [0.2, 0.25) is 0 Å². The lowest BCUT2D eigenvalue weighted by atomic mass is 10.2. The molecule has 1 amide bonds. The van der Waals surface area contributed by atoms with Crippen LogP contribution in [-0.4, -0.2) is 51.4 Å². The van der Waals surface area contributed by atoms with Crippen molar-refractivity contribution in [3.8, 4) is 0 Å². The second kappa shape index (κ2) is 9.24. The molecule has 0 bridgehead atoms. The summed E-state index contributed by atoms with van der Waals surface area (Å²) in [6.45, 7) is 6.06. The molecule has 5 rings (SSSR count). The maximum absolute atomic E-state index is 12.4. The fourth-order valence-electron chi connectivity index (χ4n) is 4.22. The minimum atomic E-state index is -0.0797. The van der Waals surface area contributed by atoms with Crippen LogP contribution in [0.5, 0.6) is 0 Å². The smallest absolute Gasteiger partial charge is 0.265 e. The zero-order valence-corrected chi connectivity index (χ0v) is 19.0. The Labute approximate surface area is 192 Å². The summed E-state index contributed by atoms with van der Waals surface area (Å²) in [5.41, 5.74) is 4.14. The van der Waals surface area contributed by atoms with E-state index in [2.05, 4.69) is 57.1 Å². The fourth-order valence-corrected chi connectivity index (χ4v) is 4.84. The Morgan fingerprint density at radius 2 is 1.72 bits per heavy atom. The number of nitrogens with one attached hydrogen (secondary N) is 1. The molecule has 0 saturated carbocycles. The molecule has 2 aromatic carbocycles. The molecule has 0 unspecified atom stereocenters. The van der Waals surface area contributed by atoms with Gasteiger partial charge < -0.3 is 9.88 Å². The first-order chi connectivity index (χ1) is 15.7. The maximum Gasteiger partial charge on any atom is 0.265 e. The number of fused-ring (bicyclic) bond motifs is 1. The molecule has 1 N–H and O–H groups in total. The van der Waals surface area contributed by atoms with Crippen molar-refractivity contribution in [3.05, 3.63) is 82.3 Å². The number of carbonyl (C=O) groups is 1. The van der Waals surface area contributed by atoms with Crippen molar-refractivity contribution in [2.24, 2.45) is 7.05 Å². The van der Waals surface area contributed by atoms with Crippen LogP contribution < -0.4 is 5.32 Å². The number of imidazole rings is 1. The van der Waals surface area contributed by atoms with Gasteiger partial charge in [-0.05, 0) is 35.2 Å². The minimum Gasteiger partial charge on any atom is -0.330 e. The Hall–Kier alpha value is -3.00. The molecule has 4 aromatic rings. The molecule has 0 atom stereocenters. The van der Waals surface area contributed by atoms with Gasteiger partial charge >= 0.3 is 0 Å². The summed E-state index contributed by atoms with van der Waals surface area (Å²) in [5, 5.41) is 4.88. The first kappa shape index (κ1) is 20.9. The number of nitrogens with zero attached hydrogens (tertiary/aromatic N) is 4. The molecule has 164 valence electrons. The molecule has 1 aliphatic rings. The van der Waals surface area contributed by atoms with Crippen molar-refractivity contribution in [1.29, 1.82) is 0 Å². The molecule has 1 saturated heterocycles. The van der Waals surface area contributed by atoms with Crippen LogP contribution in [-0.2, 0) is 20.1 Å². The van der Waals surface area contributed by atoms with E-state index < -0.39 is 0 Å². The van der Waals surface area contributed by atoms with Gasteiger partial charge in [-0.2, -0.15) is 0 Å². The van der Waals surface area contributed by atoms with Gasteiger partial charge in [-0.15, -0.1) is 11.3 Å². The number of aromatic nitrogens is 2. The average molecular weight is 446 g/mol. The number of carbonyl (C=O) groups excluding carboxylic acids is 1. The van der Waals surface area contributed by atoms with E-state index in [1.54, 1.807) is 0 Å². The highest BCUT2D eigenvalue weighted by Crippen LogP contribution is 2.22. The van der Waals surface area contributed by atoms with Crippen LogP contribution in [0.4, 0.5) is 5.69 Å². The predicted octanol–water partition coefficient (Wildman–Crippen LogP) is 4.20. The molecule has 1 fully saturated rings. The normalized spacial score (nSPS) is 15.3. The number of aryl methyl sites for hydroxylation is 1. The number of rotatable bonds is 6. The Morgan fingerprint density at radius 1 is 0.969 bits per heavy atom. The number of anilines is 1. The van der Waals surface area contributed by atoms with Crippen LogP contribution in [0.1, 0.15) is 21.1 Å². The molecule has 3 heterocycles. The van der Waals surface area contributed by atoms with Crippen molar-refractivity contribution >= 4 is 34.0 Å². The standard InChI is InChI=1S/C25H27N5OS/c1-28-22-10-9-20(26-25(31)23-8-5-15-32-23)16-21(22)27-24(28)18-30-13-11-29(12-14-30)17-19-6-3-2-4-7-19/h2-10,15-16H,11-14,17-18H2,1H3,(H,26,31). The molecule has 0 aliphatic carbocycles. The fraction of sp³-hybridized carbons (Fsp3) is 0.280. The third-order valence-electron chi connectivity index (χ3n) is 6.06. The molecular formula is C25H27N5OS. The zero-order valence-electron chi connectivity index (χ0n) is 18.2. The number of thiophene rings is 1. The third-order valence-corrected chi connectivity index (χ3v) is 6.92. The first-order valence-corrected chi connectivity index (χ1v) is 11.8. The van der Waals surface area contributed by atoms with Gasteiger partial charge in [0, 0.05) is 45.5 Å². The number of piperazine rings is 1. The van der Waals surface area contributed by atoms with Gasteiger partial charge in [0.25, 0.3) is 5.91 Å². The first-order valence-electron chi connectivity index (χ1n) is 10.9. The summed E-state index contributed by atoms with van der Waals surface area (Å²) in [4.78, 5) is 22.9. The Morgan fingerprint density at radius 3 is 2.44 bits per heavy atom. The Balaban J connectivity index is 1.22. The van der Waals surface area contributed by atoms with Crippen LogP contribution in [0.15, 0.2) is 66.0 Å². The molecule has 0 radical (unpaired) electrons. The summed E-state index contributed by atoms with van der Waals surface area (Å²) in [5.74, 6) is 0.974. The second-order valence-corrected chi connectivity index (χ2v) is 9.21. The zero-order chi connectivity index (χ0) is 21.9. The molecular weight excluding hydrogens is 418 g/mol. The van der Waals surface area contributed by atoms with E-state index in [0.717, 1.165) is 61.8 Å². The van der Waals surface area contributed by atoms with E-state index in [4.69, 9.17) is 4.98 Å². The van der Waals surface area contributed by atoms with Crippen molar-refractivity contribution in [2.45, 2.75) is 13.1 Å². The van der Waals surface area contributed by atoms with Gasteiger partial charge in [0.05, 0.1) is 22.5 Å². The van der Waals surface area contributed by atoms with Gasteiger partial charge in [-0.25, -0.2) is 4.98 Å². The average Bonchev–Trinajstić information content (AvgIpc) is 3.45. The van der Waals surface area contributed by atoms with E-state index in [1.165, 1.54) is 16.9 Å². The number of hydrogen-bond donors (Lipinski definition) is 1. The lowest BCUT2D eigenvalue weighted by Gasteiger charge is -2.34. The summed E-state index contributed by atoms with van der Waals surface area (Å²) < 4.78 is 2.16. The SMILES string of the molecule is Cn1c(CN2CCN(Cc3ccccc3)CC2)nc2cc(NC(=O)c3cccs3)ccc21. The molecule has 2 aromatic heterocycles. The molecule has 1 aliphatic heterocycles. The van der Waals surface area contributed by atoms with Crippen LogP contribution >= 0.6 is 11.3 Å². The summed E-state index contributed by atoms with van der Waals surface area (Å²) in [6, 6.07) is 20.3. The van der Waals surface area contributed by atoms with Crippen molar-refractivity contribution in [2.75, 3.05) is 31.5 Å². The highest BCUT2D eigenvalue weighted by atomic mass is 32.1. The van der Waals surface area contributed by atoms with Crippen LogP contribution in [0.2, 0.25) is 0 Å². The highest BCUT2D eigenvalue weighted by Gasteiger charge is 2.19. The van der Waals surface area contributed by atoms with Gasteiger partial charge in [0.15, 0.2) is 0 Å². The topological polar surface area (TPSA) is 53.4 Å². The monoisotopic (exact) mass is 445 g/mol. The molecule has 32 heavy (non-hydrogen) atoms. The predicted molar refractivity (Wildman–Crippen MR) is 130 cm³/mol. The summed E-state index contributed by atoms with van der Waals surface area (Å²) in [7, 11) is 2.07. The van der Waals surface area contributed by atoms with E-state index in [-0.39, 0.29) is 5.91 Å². The summed E-state index contributed by atoms with van der Waals surface area (Å²) in [6.07, 6.45) is 0. The van der Waals surface area contributed by atoms with Gasteiger partial charge in [-0.1, -0.05) is 36.4 Å². The molecule has 0 spiro atoms. The third kappa shape index (κ3) is 4.60. The largest absolute Gasteiger partial charge is 0.330 e. The van der Waals surface area contributed by atoms with Crippen LogP contribution in [0.3, 0.4) is 0 Å². The van der Waals surface area contributed by atoms with Crippen molar-refractivity contribution in [1.82, 2.24) is 19.4 Å². The Kier molecular flexibility index (Phi) is 6.03. The van der Waals surface area contributed by atoms with Crippen molar-refractivity contribution < 1.29 is 4.79 Å². The minimum absolute atomic E-state index is 0.0797. The van der Waals surface area contributed by atoms with Crippen LogP contribution in [0, 0.1) is 0 Å². The second-order valence-electron chi connectivity index (χ2n) is 8.26. The van der Waals surface area contributed by atoms with E-state index in [9.17, 15) is 4.79 Å². The lowest BCUT2D eigenvalue weighted by molar-refractivity contribution is 0.103. The summed E-state index contributed by atoms with van der Waals surface area (Å²) >= 11 is 1.44. The van der Waals surface area contributed by atoms with E-state index in [1.807, 2.05) is 35.7 Å². The maximum atomic E-state index is 12.4. The quantitative estimate of drug-likeness (QED) is 0.483. The number of hydrogen-bond acceptors (Lipinski definition) is 5.